The van der Waals surface area contributed by atoms with Gasteiger partial charge in [0.15, 0.2) is 0 Å². The summed E-state index contributed by atoms with van der Waals surface area (Å²) < 4.78 is 0. The molecule has 1 atom stereocenters. The minimum Gasteiger partial charge on any atom is -0.311 e. The molecule has 114 valence electrons. The predicted molar refractivity (Wildman–Crippen MR) is 92.8 cm³/mol. The maximum Gasteiger partial charge on any atom is 0.0542 e. The van der Waals surface area contributed by atoms with Crippen molar-refractivity contribution in [3.8, 4) is 0 Å². The summed E-state index contributed by atoms with van der Waals surface area (Å²) in [7, 11) is -0.658. The van der Waals surface area contributed by atoms with E-state index in [9.17, 15) is 0 Å². The summed E-state index contributed by atoms with van der Waals surface area (Å²) in [6, 6.07) is 4.38. The van der Waals surface area contributed by atoms with Gasteiger partial charge in [0, 0.05) is 17.6 Å². The van der Waals surface area contributed by atoms with Crippen molar-refractivity contribution < 1.29 is 0 Å². The fourth-order valence-electron chi connectivity index (χ4n) is 2.12. The van der Waals surface area contributed by atoms with Gasteiger partial charge in [-0.15, -0.1) is 6.58 Å². The fourth-order valence-corrected chi connectivity index (χ4v) is 2.97. The molecule has 1 aromatic heterocycles. The number of rotatable bonds is 9. The van der Waals surface area contributed by atoms with Crippen LogP contribution in [0.5, 0.6) is 0 Å². The lowest BCUT2D eigenvalue weighted by molar-refractivity contribution is 0.455. The Kier molecular flexibility index (Phi) is 7.31. The molecule has 0 aliphatic heterocycles. The van der Waals surface area contributed by atoms with E-state index in [0.717, 1.165) is 31.1 Å². The lowest BCUT2D eigenvalue weighted by Gasteiger charge is -2.25. The van der Waals surface area contributed by atoms with Crippen molar-refractivity contribution in [1.82, 2.24) is 10.3 Å². The summed E-state index contributed by atoms with van der Waals surface area (Å²) in [4.78, 5) is 5.93. The van der Waals surface area contributed by atoms with Gasteiger partial charge in [-0.3, -0.25) is 4.98 Å². The van der Waals surface area contributed by atoms with Crippen molar-refractivity contribution in [2.24, 2.45) is 5.92 Å². The van der Waals surface area contributed by atoms with Gasteiger partial charge in [-0.2, -0.15) is 0 Å². The Morgan fingerprint density at radius 1 is 1.35 bits per heavy atom. The standard InChI is InChI=1S/C17H30N2S/c1-6-8-15(7-2)11-12-18-13-16-9-10-17(14-19-16)20(3,4)5/h6,9-10,14-15,18H,1,7-8,11-13H2,2-5H3. The Morgan fingerprint density at radius 2 is 2.10 bits per heavy atom. The molecule has 0 aromatic carbocycles. The molecule has 0 aliphatic rings. The average Bonchev–Trinajstić information content (AvgIpc) is 2.42. The third-order valence-corrected chi connectivity index (χ3v) is 5.27. The van der Waals surface area contributed by atoms with Crippen LogP contribution < -0.4 is 5.32 Å². The van der Waals surface area contributed by atoms with Crippen molar-refractivity contribution in [3.63, 3.8) is 0 Å². The van der Waals surface area contributed by atoms with Gasteiger partial charge >= 0.3 is 0 Å². The largest absolute Gasteiger partial charge is 0.311 e. The highest BCUT2D eigenvalue weighted by molar-refractivity contribution is 8.32. The molecule has 1 unspecified atom stereocenters. The molecule has 20 heavy (non-hydrogen) atoms. The van der Waals surface area contributed by atoms with Crippen LogP contribution in [-0.2, 0) is 6.54 Å². The van der Waals surface area contributed by atoms with Gasteiger partial charge in [-0.1, -0.05) is 19.4 Å². The van der Waals surface area contributed by atoms with Crippen LogP contribution in [0.3, 0.4) is 0 Å². The molecule has 0 aliphatic carbocycles. The second-order valence-electron chi connectivity index (χ2n) is 6.09. The van der Waals surface area contributed by atoms with Gasteiger partial charge in [-0.25, -0.2) is 10.0 Å². The van der Waals surface area contributed by atoms with E-state index < -0.39 is 10.0 Å². The topological polar surface area (TPSA) is 24.9 Å². The molecular weight excluding hydrogens is 264 g/mol. The third-order valence-electron chi connectivity index (χ3n) is 3.62. The molecule has 1 aromatic rings. The smallest absolute Gasteiger partial charge is 0.0542 e. The third kappa shape index (κ3) is 6.10. The number of aromatic nitrogens is 1. The maximum atomic E-state index is 4.56. The molecule has 0 fully saturated rings. The summed E-state index contributed by atoms with van der Waals surface area (Å²) in [6.07, 6.45) is 14.5. The zero-order valence-corrected chi connectivity index (χ0v) is 14.3. The van der Waals surface area contributed by atoms with Gasteiger partial charge in [-0.05, 0) is 56.2 Å². The number of nitrogens with zero attached hydrogens (tertiary/aromatic N) is 1. The fraction of sp³-hybridized carbons (Fsp3) is 0.588. The highest BCUT2D eigenvalue weighted by atomic mass is 32.3. The van der Waals surface area contributed by atoms with Gasteiger partial charge in [0.05, 0.1) is 5.69 Å². The van der Waals surface area contributed by atoms with Crippen LogP contribution in [-0.4, -0.2) is 30.3 Å². The summed E-state index contributed by atoms with van der Waals surface area (Å²) >= 11 is 0. The number of hydrogen-bond donors (Lipinski definition) is 1. The van der Waals surface area contributed by atoms with Crippen LogP contribution in [0.1, 0.15) is 31.9 Å². The van der Waals surface area contributed by atoms with E-state index in [2.05, 4.69) is 54.7 Å². The SMILES string of the molecule is C=CCC(CC)CCNCc1ccc(S(C)(C)C)cn1. The molecule has 0 radical (unpaired) electrons. The molecule has 1 N–H and O–H groups in total. The Hall–Kier alpha value is -0.800. The monoisotopic (exact) mass is 294 g/mol. The van der Waals surface area contributed by atoms with Gasteiger partial charge in [0.2, 0.25) is 0 Å². The Labute approximate surface area is 126 Å². The molecule has 0 saturated carbocycles. The zero-order valence-electron chi connectivity index (χ0n) is 13.5. The van der Waals surface area contributed by atoms with Crippen LogP contribution in [0.4, 0.5) is 0 Å². The van der Waals surface area contributed by atoms with Gasteiger partial charge in [0.1, 0.15) is 0 Å². The van der Waals surface area contributed by atoms with Crippen molar-refractivity contribution in [2.45, 2.75) is 37.6 Å². The minimum absolute atomic E-state index is 0.658. The van der Waals surface area contributed by atoms with E-state index in [1.54, 1.807) is 0 Å². The Bertz CT molecular complexity index is 392. The van der Waals surface area contributed by atoms with Crippen LogP contribution in [0.25, 0.3) is 0 Å². The van der Waals surface area contributed by atoms with E-state index in [-0.39, 0.29) is 0 Å². The van der Waals surface area contributed by atoms with E-state index in [4.69, 9.17) is 0 Å². The number of pyridine rings is 1. The molecule has 0 amide bonds. The quantitative estimate of drug-likeness (QED) is 0.545. The van der Waals surface area contributed by atoms with Gasteiger partial charge < -0.3 is 5.32 Å². The average molecular weight is 295 g/mol. The Morgan fingerprint density at radius 3 is 2.60 bits per heavy atom. The van der Waals surface area contributed by atoms with E-state index in [1.807, 2.05) is 12.3 Å². The highest BCUT2D eigenvalue weighted by Crippen LogP contribution is 2.44. The molecule has 1 rings (SSSR count). The highest BCUT2D eigenvalue weighted by Gasteiger charge is 2.08. The number of nitrogens with one attached hydrogen (secondary N) is 1. The predicted octanol–water partition coefficient (Wildman–Crippen LogP) is 4.22. The number of hydrogen-bond acceptors (Lipinski definition) is 2. The molecule has 0 saturated heterocycles. The van der Waals surface area contributed by atoms with Crippen LogP contribution in [0.2, 0.25) is 0 Å². The normalized spacial score (nSPS) is 14.0. The van der Waals surface area contributed by atoms with Crippen molar-refractivity contribution in [2.75, 3.05) is 25.3 Å². The summed E-state index contributed by atoms with van der Waals surface area (Å²) in [5.41, 5.74) is 1.13. The van der Waals surface area contributed by atoms with Gasteiger partial charge in [0.25, 0.3) is 0 Å². The summed E-state index contributed by atoms with van der Waals surface area (Å²) in [5.74, 6) is 0.764. The molecule has 0 spiro atoms. The van der Waals surface area contributed by atoms with Crippen LogP contribution in [0.15, 0.2) is 35.9 Å². The maximum absolute atomic E-state index is 4.56. The van der Waals surface area contributed by atoms with Crippen LogP contribution in [0, 0.1) is 5.92 Å². The van der Waals surface area contributed by atoms with E-state index >= 15 is 0 Å². The lowest BCUT2D eigenvalue weighted by atomic mass is 9.99. The molecule has 2 nitrogen and oxygen atoms in total. The molecule has 1 heterocycles. The van der Waals surface area contributed by atoms with Crippen molar-refractivity contribution in [3.05, 3.63) is 36.7 Å². The molecule has 3 heteroatoms. The van der Waals surface area contributed by atoms with E-state index in [1.165, 1.54) is 17.7 Å². The number of allylic oxidation sites excluding steroid dienone is 1. The van der Waals surface area contributed by atoms with Crippen LogP contribution >= 0.6 is 10.0 Å². The van der Waals surface area contributed by atoms with Crippen molar-refractivity contribution in [1.29, 1.82) is 0 Å². The minimum atomic E-state index is -0.658. The lowest BCUT2D eigenvalue weighted by Crippen LogP contribution is -2.18. The first-order valence-electron chi connectivity index (χ1n) is 7.42. The van der Waals surface area contributed by atoms with Crippen molar-refractivity contribution >= 4 is 10.0 Å². The first-order chi connectivity index (χ1) is 9.47. The Balaban J connectivity index is 2.34. The summed E-state index contributed by atoms with van der Waals surface area (Å²) in [6.45, 7) is 8.00. The van der Waals surface area contributed by atoms with E-state index in [0.29, 0.717) is 0 Å². The summed E-state index contributed by atoms with van der Waals surface area (Å²) in [5, 5.41) is 3.49. The zero-order chi connectivity index (χ0) is 15.0. The second kappa shape index (κ2) is 8.48. The molecule has 0 bridgehead atoms. The first kappa shape index (κ1) is 17.3. The first-order valence-corrected chi connectivity index (χ1v) is 10.3. The second-order valence-corrected chi connectivity index (χ2v) is 10.2. The molecular formula is C17H30N2S.